The first-order chi connectivity index (χ1) is 9.06. The van der Waals surface area contributed by atoms with Crippen molar-refractivity contribution in [3.8, 4) is 0 Å². The van der Waals surface area contributed by atoms with E-state index in [-0.39, 0.29) is 28.7 Å². The van der Waals surface area contributed by atoms with Crippen LogP contribution in [0.3, 0.4) is 0 Å². The lowest BCUT2D eigenvalue weighted by molar-refractivity contribution is -0.120. The lowest BCUT2D eigenvalue weighted by atomic mass is 10.2. The Hall–Kier alpha value is -1.17. The van der Waals surface area contributed by atoms with Gasteiger partial charge in [-0.1, -0.05) is 12.8 Å². The van der Waals surface area contributed by atoms with E-state index in [4.69, 9.17) is 0 Å². The second-order valence-corrected chi connectivity index (χ2v) is 5.50. The van der Waals surface area contributed by atoms with Crippen LogP contribution in [-0.4, -0.2) is 18.5 Å². The molecule has 1 saturated carbocycles. The number of halogens is 3. The fourth-order valence-corrected chi connectivity index (χ4v) is 2.78. The van der Waals surface area contributed by atoms with Gasteiger partial charge in [0.05, 0.1) is 12.2 Å². The summed E-state index contributed by atoms with van der Waals surface area (Å²) in [5.41, 5.74) is 0.1000. The van der Waals surface area contributed by atoms with E-state index in [9.17, 15) is 13.6 Å². The Balaban J connectivity index is 1.89. The highest BCUT2D eigenvalue weighted by Crippen LogP contribution is 2.26. The molecule has 0 aliphatic heterocycles. The molecular weight excluding hydrogens is 318 g/mol. The van der Waals surface area contributed by atoms with Crippen LogP contribution in [-0.2, 0) is 4.79 Å². The highest BCUT2D eigenvalue weighted by atomic mass is 79.9. The van der Waals surface area contributed by atoms with Gasteiger partial charge in [0.15, 0.2) is 0 Å². The quantitative estimate of drug-likeness (QED) is 0.888. The minimum Gasteiger partial charge on any atom is -0.373 e. The largest absolute Gasteiger partial charge is 0.373 e. The van der Waals surface area contributed by atoms with E-state index < -0.39 is 11.6 Å². The molecule has 0 atom stereocenters. The molecule has 0 saturated heterocycles. The lowest BCUT2D eigenvalue weighted by Gasteiger charge is -2.14. The van der Waals surface area contributed by atoms with E-state index in [0.717, 1.165) is 37.8 Å². The van der Waals surface area contributed by atoms with Crippen LogP contribution < -0.4 is 10.6 Å². The molecule has 2 rings (SSSR count). The molecule has 0 heterocycles. The van der Waals surface area contributed by atoms with Crippen LogP contribution in [0.1, 0.15) is 25.7 Å². The Morgan fingerprint density at radius 2 is 2.00 bits per heavy atom. The van der Waals surface area contributed by atoms with Crippen molar-refractivity contribution >= 4 is 27.5 Å². The maximum Gasteiger partial charge on any atom is 0.239 e. The average Bonchev–Trinajstić information content (AvgIpc) is 2.80. The van der Waals surface area contributed by atoms with E-state index in [1.807, 2.05) is 0 Å². The molecule has 19 heavy (non-hydrogen) atoms. The lowest BCUT2D eigenvalue weighted by Crippen LogP contribution is -2.36. The molecule has 3 nitrogen and oxygen atoms in total. The molecule has 2 N–H and O–H groups in total. The average molecular weight is 333 g/mol. The number of anilines is 1. The zero-order valence-corrected chi connectivity index (χ0v) is 11.9. The van der Waals surface area contributed by atoms with Crippen LogP contribution in [0.5, 0.6) is 0 Å². The first kappa shape index (κ1) is 14.2. The maximum absolute atomic E-state index is 13.5. The van der Waals surface area contributed by atoms with E-state index in [0.29, 0.717) is 0 Å². The van der Waals surface area contributed by atoms with E-state index in [1.165, 1.54) is 0 Å². The number of nitrogens with one attached hydrogen (secondary N) is 2. The third-order valence-corrected chi connectivity index (χ3v) is 3.78. The van der Waals surface area contributed by atoms with Gasteiger partial charge < -0.3 is 10.6 Å². The first-order valence-electron chi connectivity index (χ1n) is 6.24. The van der Waals surface area contributed by atoms with Crippen molar-refractivity contribution < 1.29 is 13.6 Å². The third kappa shape index (κ3) is 3.89. The smallest absolute Gasteiger partial charge is 0.239 e. The SMILES string of the molecule is O=C(CNc1c(F)cc(F)cc1Br)NC1CCCC1. The summed E-state index contributed by atoms with van der Waals surface area (Å²) in [6, 6.07) is 2.17. The van der Waals surface area contributed by atoms with Crippen LogP contribution in [0.25, 0.3) is 0 Å². The van der Waals surface area contributed by atoms with Gasteiger partial charge >= 0.3 is 0 Å². The van der Waals surface area contributed by atoms with Crippen molar-refractivity contribution in [1.29, 1.82) is 0 Å². The van der Waals surface area contributed by atoms with Gasteiger partial charge in [0.25, 0.3) is 0 Å². The highest BCUT2D eigenvalue weighted by molar-refractivity contribution is 9.10. The number of carbonyl (C=O) groups is 1. The molecule has 0 unspecified atom stereocenters. The van der Waals surface area contributed by atoms with Crippen LogP contribution in [0, 0.1) is 11.6 Å². The van der Waals surface area contributed by atoms with Gasteiger partial charge in [-0.3, -0.25) is 4.79 Å². The zero-order chi connectivity index (χ0) is 13.8. The molecule has 0 spiro atoms. The molecule has 0 bridgehead atoms. The van der Waals surface area contributed by atoms with E-state index in [1.54, 1.807) is 0 Å². The summed E-state index contributed by atoms with van der Waals surface area (Å²) >= 11 is 3.06. The van der Waals surface area contributed by atoms with Gasteiger partial charge in [-0.25, -0.2) is 8.78 Å². The Morgan fingerprint density at radius 3 is 2.63 bits per heavy atom. The minimum absolute atomic E-state index is 0.0301. The Bertz CT molecular complexity index is 453. The molecule has 0 aromatic heterocycles. The molecule has 1 aliphatic carbocycles. The Kier molecular flexibility index (Phi) is 4.74. The minimum atomic E-state index is -0.722. The van der Waals surface area contributed by atoms with Crippen molar-refractivity contribution in [3.05, 3.63) is 28.2 Å². The Labute approximate surface area is 118 Å². The predicted molar refractivity (Wildman–Crippen MR) is 72.9 cm³/mol. The molecule has 104 valence electrons. The van der Waals surface area contributed by atoms with Crippen molar-refractivity contribution in [1.82, 2.24) is 5.32 Å². The molecular formula is C13H15BrF2N2O. The zero-order valence-electron chi connectivity index (χ0n) is 10.3. The first-order valence-corrected chi connectivity index (χ1v) is 7.03. The van der Waals surface area contributed by atoms with Gasteiger partial charge in [-0.2, -0.15) is 0 Å². The number of hydrogen-bond acceptors (Lipinski definition) is 2. The fourth-order valence-electron chi connectivity index (χ4n) is 2.23. The van der Waals surface area contributed by atoms with Crippen molar-refractivity contribution in [3.63, 3.8) is 0 Å². The highest BCUT2D eigenvalue weighted by Gasteiger charge is 2.17. The van der Waals surface area contributed by atoms with E-state index >= 15 is 0 Å². The van der Waals surface area contributed by atoms with Crippen LogP contribution in [0.2, 0.25) is 0 Å². The molecule has 6 heteroatoms. The second-order valence-electron chi connectivity index (χ2n) is 4.65. The van der Waals surface area contributed by atoms with E-state index in [2.05, 4.69) is 26.6 Å². The number of hydrogen-bond donors (Lipinski definition) is 2. The molecule has 1 aromatic rings. The van der Waals surface area contributed by atoms with Crippen molar-refractivity contribution in [2.75, 3.05) is 11.9 Å². The summed E-state index contributed by atoms with van der Waals surface area (Å²) in [7, 11) is 0. The molecule has 1 aliphatic rings. The summed E-state index contributed by atoms with van der Waals surface area (Å²) in [5.74, 6) is -1.56. The van der Waals surface area contributed by atoms with Crippen molar-refractivity contribution in [2.24, 2.45) is 0 Å². The summed E-state index contributed by atoms with van der Waals surface area (Å²) in [6.07, 6.45) is 4.27. The standard InChI is InChI=1S/C13H15BrF2N2O/c14-10-5-8(15)6-11(16)13(10)17-7-12(19)18-9-3-1-2-4-9/h5-6,9,17H,1-4,7H2,(H,18,19). The predicted octanol–water partition coefficient (Wildman–Crippen LogP) is 3.20. The van der Waals surface area contributed by atoms with Crippen LogP contribution in [0.15, 0.2) is 16.6 Å². The number of carbonyl (C=O) groups excluding carboxylic acids is 1. The monoisotopic (exact) mass is 332 g/mol. The summed E-state index contributed by atoms with van der Waals surface area (Å²) in [5, 5.41) is 5.57. The number of amides is 1. The topological polar surface area (TPSA) is 41.1 Å². The van der Waals surface area contributed by atoms with Gasteiger partial charge in [0.2, 0.25) is 5.91 Å². The normalized spacial score (nSPS) is 15.5. The van der Waals surface area contributed by atoms with Gasteiger partial charge in [0.1, 0.15) is 11.6 Å². The number of rotatable bonds is 4. The molecule has 1 amide bonds. The van der Waals surface area contributed by atoms with Crippen LogP contribution in [0.4, 0.5) is 14.5 Å². The Morgan fingerprint density at radius 1 is 1.32 bits per heavy atom. The number of benzene rings is 1. The summed E-state index contributed by atoms with van der Waals surface area (Å²) < 4.78 is 26.7. The molecule has 1 fully saturated rings. The van der Waals surface area contributed by atoms with Crippen LogP contribution >= 0.6 is 15.9 Å². The molecule has 1 aromatic carbocycles. The molecule has 0 radical (unpaired) electrons. The van der Waals surface area contributed by atoms with Gasteiger partial charge in [-0.05, 0) is 34.8 Å². The fraction of sp³-hybridized carbons (Fsp3) is 0.462. The summed E-state index contributed by atoms with van der Waals surface area (Å²) in [4.78, 5) is 11.7. The summed E-state index contributed by atoms with van der Waals surface area (Å²) in [6.45, 7) is -0.0301. The maximum atomic E-state index is 13.5. The van der Waals surface area contributed by atoms with Crippen molar-refractivity contribution in [2.45, 2.75) is 31.7 Å². The second kappa shape index (κ2) is 6.32. The van der Waals surface area contributed by atoms with Gasteiger partial charge in [0, 0.05) is 16.6 Å². The van der Waals surface area contributed by atoms with Gasteiger partial charge in [-0.15, -0.1) is 0 Å². The third-order valence-electron chi connectivity index (χ3n) is 3.15.